The molecule has 2 aromatic rings. The topological polar surface area (TPSA) is 58.4 Å². The Bertz CT molecular complexity index is 637. The van der Waals surface area contributed by atoms with E-state index < -0.39 is 0 Å². The number of carbonyl (C=O) groups excluding carboxylic acids is 1. The maximum Gasteiger partial charge on any atom is 0.223 e. The smallest absolute Gasteiger partial charge is 0.223 e. The normalized spacial score (nSPS) is 14.4. The minimum atomic E-state index is 0. The average Bonchev–Trinajstić information content (AvgIpc) is 3.03. The Morgan fingerprint density at radius 2 is 1.96 bits per heavy atom. The summed E-state index contributed by atoms with van der Waals surface area (Å²) in [5, 5.41) is 3.92. The average molecular weight is 356 g/mol. The molecule has 0 bridgehead atoms. The summed E-state index contributed by atoms with van der Waals surface area (Å²) >= 11 is 5.87. The number of aromatic nitrogens is 1. The predicted molar refractivity (Wildman–Crippen MR) is 92.0 cm³/mol. The number of oxazole rings is 1. The molecule has 0 atom stereocenters. The first-order chi connectivity index (χ1) is 10.7. The molecule has 0 spiro atoms. The Balaban J connectivity index is 0.00000192. The van der Waals surface area contributed by atoms with Crippen LogP contribution in [0.5, 0.6) is 0 Å². The summed E-state index contributed by atoms with van der Waals surface area (Å²) in [6.45, 7) is 3.29. The number of nitrogens with zero attached hydrogens (tertiary/aromatic N) is 2. The number of halogens is 2. The molecule has 0 radical (unpaired) electrons. The van der Waals surface area contributed by atoms with Crippen LogP contribution in [0.2, 0.25) is 5.02 Å². The van der Waals surface area contributed by atoms with Crippen LogP contribution in [0.1, 0.15) is 12.3 Å². The maximum absolute atomic E-state index is 12.1. The van der Waals surface area contributed by atoms with Crippen LogP contribution in [0.4, 0.5) is 0 Å². The second kappa shape index (κ2) is 8.34. The highest BCUT2D eigenvalue weighted by Crippen LogP contribution is 2.22. The van der Waals surface area contributed by atoms with Crippen molar-refractivity contribution in [1.82, 2.24) is 15.2 Å². The number of hydrogen-bond acceptors (Lipinski definition) is 4. The number of benzene rings is 1. The standard InChI is InChI=1S/C16H18ClN3O2.ClH/c17-13-3-1-12(2-4-13)14-11-19-15(22-14)5-6-16(21)20-9-7-18-8-10-20;/h1-4,11,18H,5-10H2;1H. The molecule has 3 rings (SSSR count). The van der Waals surface area contributed by atoms with E-state index >= 15 is 0 Å². The van der Waals surface area contributed by atoms with Gasteiger partial charge in [0, 0.05) is 49.6 Å². The summed E-state index contributed by atoms with van der Waals surface area (Å²) < 4.78 is 5.71. The molecule has 1 fully saturated rings. The van der Waals surface area contributed by atoms with Crippen LogP contribution in [-0.4, -0.2) is 42.0 Å². The van der Waals surface area contributed by atoms with Crippen molar-refractivity contribution in [3.05, 3.63) is 41.4 Å². The van der Waals surface area contributed by atoms with Crippen LogP contribution in [-0.2, 0) is 11.2 Å². The maximum atomic E-state index is 12.1. The lowest BCUT2D eigenvalue weighted by Crippen LogP contribution is -2.46. The number of rotatable bonds is 4. The van der Waals surface area contributed by atoms with E-state index in [4.69, 9.17) is 16.0 Å². The molecule has 0 saturated carbocycles. The third kappa shape index (κ3) is 4.70. The molecule has 7 heteroatoms. The molecule has 5 nitrogen and oxygen atoms in total. The van der Waals surface area contributed by atoms with Crippen molar-refractivity contribution >= 4 is 29.9 Å². The zero-order valence-corrected chi connectivity index (χ0v) is 14.2. The van der Waals surface area contributed by atoms with Crippen molar-refractivity contribution in [3.63, 3.8) is 0 Å². The molecule has 2 heterocycles. The molecule has 1 saturated heterocycles. The van der Waals surface area contributed by atoms with Crippen molar-refractivity contribution in [1.29, 1.82) is 0 Å². The van der Waals surface area contributed by atoms with Crippen molar-refractivity contribution in [2.75, 3.05) is 26.2 Å². The molecular formula is C16H19Cl2N3O2. The molecule has 23 heavy (non-hydrogen) atoms. The highest BCUT2D eigenvalue weighted by atomic mass is 35.5. The quantitative estimate of drug-likeness (QED) is 0.915. The summed E-state index contributed by atoms with van der Waals surface area (Å²) in [6, 6.07) is 7.40. The lowest BCUT2D eigenvalue weighted by atomic mass is 10.2. The van der Waals surface area contributed by atoms with E-state index in [2.05, 4.69) is 10.3 Å². The third-order valence-corrected chi connectivity index (χ3v) is 3.96. The first-order valence-corrected chi connectivity index (χ1v) is 7.79. The zero-order valence-electron chi connectivity index (χ0n) is 12.6. The Hall–Kier alpha value is -1.56. The predicted octanol–water partition coefficient (Wildman–Crippen LogP) is 2.78. The van der Waals surface area contributed by atoms with Gasteiger partial charge < -0.3 is 14.6 Å². The second-order valence-corrected chi connectivity index (χ2v) is 5.69. The third-order valence-electron chi connectivity index (χ3n) is 3.70. The molecule has 1 N–H and O–H groups in total. The van der Waals surface area contributed by atoms with Gasteiger partial charge in [0.25, 0.3) is 0 Å². The van der Waals surface area contributed by atoms with Crippen LogP contribution in [0.15, 0.2) is 34.9 Å². The van der Waals surface area contributed by atoms with Gasteiger partial charge in [0.1, 0.15) is 0 Å². The number of aryl methyl sites for hydroxylation is 1. The number of carbonyl (C=O) groups is 1. The van der Waals surface area contributed by atoms with Gasteiger partial charge in [-0.15, -0.1) is 12.4 Å². The fourth-order valence-electron chi connectivity index (χ4n) is 2.46. The van der Waals surface area contributed by atoms with Crippen LogP contribution < -0.4 is 5.32 Å². The van der Waals surface area contributed by atoms with E-state index in [1.54, 1.807) is 6.20 Å². The van der Waals surface area contributed by atoms with E-state index in [-0.39, 0.29) is 18.3 Å². The Kier molecular flexibility index (Phi) is 6.45. The van der Waals surface area contributed by atoms with Crippen molar-refractivity contribution < 1.29 is 9.21 Å². The summed E-state index contributed by atoms with van der Waals surface area (Å²) in [5.41, 5.74) is 0.927. The highest BCUT2D eigenvalue weighted by molar-refractivity contribution is 6.30. The summed E-state index contributed by atoms with van der Waals surface area (Å²) in [7, 11) is 0. The summed E-state index contributed by atoms with van der Waals surface area (Å²) in [5.74, 6) is 1.45. The second-order valence-electron chi connectivity index (χ2n) is 5.26. The molecule has 0 unspecified atom stereocenters. The number of piperazine rings is 1. The van der Waals surface area contributed by atoms with Gasteiger partial charge in [0.2, 0.25) is 5.91 Å². The monoisotopic (exact) mass is 355 g/mol. The molecule has 1 aliphatic rings. The fourth-order valence-corrected chi connectivity index (χ4v) is 2.59. The van der Waals surface area contributed by atoms with Crippen LogP contribution in [0, 0.1) is 0 Å². The van der Waals surface area contributed by atoms with Crippen LogP contribution >= 0.6 is 24.0 Å². The highest BCUT2D eigenvalue weighted by Gasteiger charge is 2.17. The van der Waals surface area contributed by atoms with Crippen molar-refractivity contribution in [2.45, 2.75) is 12.8 Å². The van der Waals surface area contributed by atoms with E-state index in [1.807, 2.05) is 29.2 Å². The number of amides is 1. The molecule has 1 amide bonds. The first-order valence-electron chi connectivity index (χ1n) is 7.41. The van der Waals surface area contributed by atoms with Crippen molar-refractivity contribution in [2.24, 2.45) is 0 Å². The van der Waals surface area contributed by atoms with Gasteiger partial charge in [-0.25, -0.2) is 4.98 Å². The van der Waals surface area contributed by atoms with E-state index in [1.165, 1.54) is 0 Å². The van der Waals surface area contributed by atoms with Gasteiger partial charge in [0.15, 0.2) is 11.7 Å². The van der Waals surface area contributed by atoms with Gasteiger partial charge >= 0.3 is 0 Å². The van der Waals surface area contributed by atoms with Gasteiger partial charge in [-0.05, 0) is 24.3 Å². The Morgan fingerprint density at radius 1 is 1.26 bits per heavy atom. The largest absolute Gasteiger partial charge is 0.441 e. The molecule has 1 aliphatic heterocycles. The fraction of sp³-hybridized carbons (Fsp3) is 0.375. The molecule has 0 aliphatic carbocycles. The van der Waals surface area contributed by atoms with Gasteiger partial charge in [0.05, 0.1) is 6.20 Å². The van der Waals surface area contributed by atoms with Gasteiger partial charge in [-0.1, -0.05) is 11.6 Å². The minimum Gasteiger partial charge on any atom is -0.441 e. The SMILES string of the molecule is Cl.O=C(CCc1ncc(-c2ccc(Cl)cc2)o1)N1CCNCC1. The Labute approximate surface area is 146 Å². The van der Waals surface area contributed by atoms with E-state index in [0.717, 1.165) is 31.7 Å². The van der Waals surface area contributed by atoms with E-state index in [9.17, 15) is 4.79 Å². The molecule has 124 valence electrons. The minimum absolute atomic E-state index is 0. The van der Waals surface area contributed by atoms with Crippen LogP contribution in [0.3, 0.4) is 0 Å². The first kappa shape index (κ1) is 17.8. The summed E-state index contributed by atoms with van der Waals surface area (Å²) in [6.07, 6.45) is 2.64. The van der Waals surface area contributed by atoms with Gasteiger partial charge in [-0.3, -0.25) is 4.79 Å². The molecule has 1 aromatic carbocycles. The molecular weight excluding hydrogens is 337 g/mol. The summed E-state index contributed by atoms with van der Waals surface area (Å²) in [4.78, 5) is 18.2. The van der Waals surface area contributed by atoms with Gasteiger partial charge in [-0.2, -0.15) is 0 Å². The Morgan fingerprint density at radius 3 is 2.65 bits per heavy atom. The van der Waals surface area contributed by atoms with Crippen molar-refractivity contribution in [3.8, 4) is 11.3 Å². The molecule has 1 aromatic heterocycles. The van der Waals surface area contributed by atoms with Crippen LogP contribution in [0.25, 0.3) is 11.3 Å². The lowest BCUT2D eigenvalue weighted by molar-refractivity contribution is -0.131. The lowest BCUT2D eigenvalue weighted by Gasteiger charge is -2.27. The zero-order chi connectivity index (χ0) is 15.4. The van der Waals surface area contributed by atoms with E-state index in [0.29, 0.717) is 29.5 Å². The number of hydrogen-bond donors (Lipinski definition) is 1. The number of nitrogens with one attached hydrogen (secondary N) is 1.